The average Bonchev–Trinajstić information content (AvgIpc) is 2.19. The van der Waals surface area contributed by atoms with Gasteiger partial charge in [-0.05, 0) is 30.0 Å². The minimum absolute atomic E-state index is 0.282. The highest BCUT2D eigenvalue weighted by Gasteiger charge is 2.33. The fourth-order valence-corrected chi connectivity index (χ4v) is 2.05. The van der Waals surface area contributed by atoms with E-state index in [1.165, 1.54) is 12.1 Å². The second kappa shape index (κ2) is 3.62. The van der Waals surface area contributed by atoms with Crippen molar-refractivity contribution in [3.05, 3.63) is 35.1 Å². The summed E-state index contributed by atoms with van der Waals surface area (Å²) >= 11 is 0. The number of hydrogen-bond acceptors (Lipinski definition) is 2. The van der Waals surface area contributed by atoms with E-state index in [1.54, 1.807) is 6.07 Å². The highest BCUT2D eigenvalue weighted by atomic mass is 19.1. The molecule has 4 heteroatoms. The SMILES string of the molecule is O=C(O)C1CCc2c(F)cccc2C1O. The smallest absolute Gasteiger partial charge is 0.309 e. The number of halogens is 1. The van der Waals surface area contributed by atoms with Crippen LogP contribution >= 0.6 is 0 Å². The van der Waals surface area contributed by atoms with Crippen LogP contribution in [0.5, 0.6) is 0 Å². The van der Waals surface area contributed by atoms with Crippen molar-refractivity contribution >= 4 is 5.97 Å². The van der Waals surface area contributed by atoms with Crippen LogP contribution in [0.2, 0.25) is 0 Å². The van der Waals surface area contributed by atoms with E-state index in [-0.39, 0.29) is 12.2 Å². The summed E-state index contributed by atoms with van der Waals surface area (Å²) in [5, 5.41) is 18.6. The second-order valence-electron chi connectivity index (χ2n) is 3.74. The number of aliphatic hydroxyl groups excluding tert-OH is 1. The molecule has 0 bridgehead atoms. The predicted molar refractivity (Wildman–Crippen MR) is 50.8 cm³/mol. The average molecular weight is 210 g/mol. The summed E-state index contributed by atoms with van der Waals surface area (Å²) in [6.45, 7) is 0. The quantitative estimate of drug-likeness (QED) is 0.738. The summed E-state index contributed by atoms with van der Waals surface area (Å²) < 4.78 is 13.3. The Balaban J connectivity index is 2.42. The predicted octanol–water partition coefficient (Wildman–Crippen LogP) is 1.51. The fourth-order valence-electron chi connectivity index (χ4n) is 2.05. The molecule has 3 nitrogen and oxygen atoms in total. The Morgan fingerprint density at radius 2 is 2.20 bits per heavy atom. The third-order valence-electron chi connectivity index (χ3n) is 2.88. The summed E-state index contributed by atoms with van der Waals surface area (Å²) in [6.07, 6.45) is -0.442. The third kappa shape index (κ3) is 1.61. The number of fused-ring (bicyclic) bond motifs is 1. The Hall–Kier alpha value is -1.42. The molecule has 0 radical (unpaired) electrons. The molecule has 1 aliphatic carbocycles. The standard InChI is InChI=1S/C11H11FO3/c12-9-3-1-2-7-6(9)4-5-8(10(7)13)11(14)15/h1-3,8,10,13H,4-5H2,(H,14,15). The van der Waals surface area contributed by atoms with Crippen molar-refractivity contribution < 1.29 is 19.4 Å². The van der Waals surface area contributed by atoms with Crippen LogP contribution in [0.25, 0.3) is 0 Å². The third-order valence-corrected chi connectivity index (χ3v) is 2.88. The van der Waals surface area contributed by atoms with E-state index in [9.17, 15) is 14.3 Å². The monoisotopic (exact) mass is 210 g/mol. The van der Waals surface area contributed by atoms with Gasteiger partial charge in [-0.1, -0.05) is 12.1 Å². The Kier molecular flexibility index (Phi) is 2.44. The van der Waals surface area contributed by atoms with Gasteiger partial charge in [-0.3, -0.25) is 4.79 Å². The lowest BCUT2D eigenvalue weighted by Gasteiger charge is -2.27. The first-order valence-electron chi connectivity index (χ1n) is 4.79. The van der Waals surface area contributed by atoms with E-state index in [4.69, 9.17) is 5.11 Å². The molecule has 0 spiro atoms. The maximum Gasteiger partial charge on any atom is 0.309 e. The molecule has 2 N–H and O–H groups in total. The minimum atomic E-state index is -1.10. The van der Waals surface area contributed by atoms with Crippen LogP contribution in [0.3, 0.4) is 0 Å². The molecule has 0 saturated heterocycles. The van der Waals surface area contributed by atoms with Crippen molar-refractivity contribution in [2.24, 2.45) is 5.92 Å². The van der Waals surface area contributed by atoms with Gasteiger partial charge in [0.2, 0.25) is 0 Å². The lowest BCUT2D eigenvalue weighted by Crippen LogP contribution is -2.27. The van der Waals surface area contributed by atoms with Gasteiger partial charge in [-0.15, -0.1) is 0 Å². The number of aliphatic hydroxyl groups is 1. The van der Waals surface area contributed by atoms with Gasteiger partial charge in [0.25, 0.3) is 0 Å². The molecule has 0 heterocycles. The molecule has 1 aromatic carbocycles. The largest absolute Gasteiger partial charge is 0.481 e. The van der Waals surface area contributed by atoms with Crippen molar-refractivity contribution in [3.8, 4) is 0 Å². The summed E-state index contributed by atoms with van der Waals surface area (Å²) in [4.78, 5) is 10.8. The summed E-state index contributed by atoms with van der Waals surface area (Å²) in [6, 6.07) is 4.40. The highest BCUT2D eigenvalue weighted by Crippen LogP contribution is 2.35. The van der Waals surface area contributed by atoms with Crippen molar-refractivity contribution in [1.29, 1.82) is 0 Å². The molecular formula is C11H11FO3. The lowest BCUT2D eigenvalue weighted by atomic mass is 9.81. The van der Waals surface area contributed by atoms with Crippen LogP contribution in [-0.2, 0) is 11.2 Å². The molecule has 0 saturated carbocycles. The second-order valence-corrected chi connectivity index (χ2v) is 3.74. The first kappa shape index (κ1) is 10.1. The van der Waals surface area contributed by atoms with Crippen molar-refractivity contribution in [1.82, 2.24) is 0 Å². The van der Waals surface area contributed by atoms with Gasteiger partial charge >= 0.3 is 5.97 Å². The molecule has 2 atom stereocenters. The summed E-state index contributed by atoms with van der Waals surface area (Å²) in [5.41, 5.74) is 0.858. The minimum Gasteiger partial charge on any atom is -0.481 e. The van der Waals surface area contributed by atoms with Gasteiger partial charge in [0, 0.05) is 0 Å². The molecule has 0 fully saturated rings. The van der Waals surface area contributed by atoms with Gasteiger partial charge in [-0.25, -0.2) is 4.39 Å². The Morgan fingerprint density at radius 1 is 1.47 bits per heavy atom. The first-order valence-corrected chi connectivity index (χ1v) is 4.79. The molecule has 1 aliphatic rings. The molecule has 80 valence electrons. The summed E-state index contributed by atoms with van der Waals surface area (Å²) in [7, 11) is 0. The van der Waals surface area contributed by atoms with Gasteiger partial charge in [0.15, 0.2) is 0 Å². The van der Waals surface area contributed by atoms with E-state index in [1.807, 2.05) is 0 Å². The van der Waals surface area contributed by atoms with E-state index in [0.29, 0.717) is 17.5 Å². The maximum absolute atomic E-state index is 13.3. The molecule has 2 unspecified atom stereocenters. The molecule has 0 aromatic heterocycles. The zero-order chi connectivity index (χ0) is 11.0. The number of carboxylic acids is 1. The van der Waals surface area contributed by atoms with Crippen LogP contribution in [0, 0.1) is 11.7 Å². The zero-order valence-electron chi connectivity index (χ0n) is 7.98. The molecule has 0 amide bonds. The number of aliphatic carboxylic acids is 1. The highest BCUT2D eigenvalue weighted by molar-refractivity contribution is 5.71. The molecule has 15 heavy (non-hydrogen) atoms. The fraction of sp³-hybridized carbons (Fsp3) is 0.364. The number of carbonyl (C=O) groups is 1. The van der Waals surface area contributed by atoms with Crippen LogP contribution in [0.1, 0.15) is 23.7 Å². The normalized spacial score (nSPS) is 24.7. The number of hydrogen-bond donors (Lipinski definition) is 2. The number of benzene rings is 1. The van der Waals surface area contributed by atoms with Gasteiger partial charge in [0.1, 0.15) is 5.82 Å². The van der Waals surface area contributed by atoms with Crippen LogP contribution in [0.4, 0.5) is 4.39 Å². The Bertz CT molecular complexity index is 403. The van der Waals surface area contributed by atoms with Gasteiger partial charge in [-0.2, -0.15) is 0 Å². The van der Waals surface area contributed by atoms with E-state index >= 15 is 0 Å². The van der Waals surface area contributed by atoms with Crippen molar-refractivity contribution in [3.63, 3.8) is 0 Å². The number of carboxylic acid groups (broad SMARTS) is 1. The molecule has 1 aromatic rings. The van der Waals surface area contributed by atoms with Crippen molar-refractivity contribution in [2.75, 3.05) is 0 Å². The summed E-state index contributed by atoms with van der Waals surface area (Å²) in [5.74, 6) is -2.22. The van der Waals surface area contributed by atoms with E-state index in [0.717, 1.165) is 0 Å². The van der Waals surface area contributed by atoms with Gasteiger partial charge < -0.3 is 10.2 Å². The number of rotatable bonds is 1. The molecular weight excluding hydrogens is 199 g/mol. The van der Waals surface area contributed by atoms with Crippen LogP contribution in [0.15, 0.2) is 18.2 Å². The Morgan fingerprint density at radius 3 is 2.87 bits per heavy atom. The lowest BCUT2D eigenvalue weighted by molar-refractivity contribution is -0.146. The van der Waals surface area contributed by atoms with Crippen LogP contribution < -0.4 is 0 Å². The molecule has 2 rings (SSSR count). The van der Waals surface area contributed by atoms with E-state index in [2.05, 4.69) is 0 Å². The maximum atomic E-state index is 13.3. The van der Waals surface area contributed by atoms with E-state index < -0.39 is 18.0 Å². The zero-order valence-corrected chi connectivity index (χ0v) is 7.98. The van der Waals surface area contributed by atoms with Crippen LogP contribution in [-0.4, -0.2) is 16.2 Å². The molecule has 0 aliphatic heterocycles. The Labute approximate surface area is 86.2 Å². The topological polar surface area (TPSA) is 57.5 Å². The van der Waals surface area contributed by atoms with Gasteiger partial charge in [0.05, 0.1) is 12.0 Å². The first-order chi connectivity index (χ1) is 7.11. The van der Waals surface area contributed by atoms with Crippen molar-refractivity contribution in [2.45, 2.75) is 18.9 Å².